The summed E-state index contributed by atoms with van der Waals surface area (Å²) < 4.78 is 28.2. The van der Waals surface area contributed by atoms with Crippen LogP contribution in [-0.4, -0.2) is 5.78 Å². The number of halogens is 3. The Morgan fingerprint density at radius 2 is 1.77 bits per heavy atom. The highest BCUT2D eigenvalue weighted by Crippen LogP contribution is 2.47. The third-order valence-electron chi connectivity index (χ3n) is 5.00. The summed E-state index contributed by atoms with van der Waals surface area (Å²) in [6.45, 7) is 0. The number of hydrogen-bond donors (Lipinski definition) is 0. The lowest BCUT2D eigenvalue weighted by atomic mass is 9.69. The summed E-state index contributed by atoms with van der Waals surface area (Å²) in [7, 11) is 0. The molecule has 2 aliphatic rings. The van der Waals surface area contributed by atoms with Gasteiger partial charge in [0.2, 0.25) is 0 Å². The average molecular weight is 363 g/mol. The van der Waals surface area contributed by atoms with Gasteiger partial charge in [-0.1, -0.05) is 28.1 Å². The summed E-state index contributed by atoms with van der Waals surface area (Å²) >= 11 is 3.40. The molecule has 0 N–H and O–H groups in total. The first-order valence-electron chi connectivity index (χ1n) is 7.29. The molecular weight excluding hydrogens is 350 g/mol. The number of Topliss-reactive ketones (excluding diaryl/α,β-unsaturated/α-hetero) is 1. The van der Waals surface area contributed by atoms with E-state index in [2.05, 4.69) is 15.9 Å². The van der Waals surface area contributed by atoms with Crippen LogP contribution in [0.5, 0.6) is 0 Å². The monoisotopic (exact) mass is 362 g/mol. The van der Waals surface area contributed by atoms with E-state index in [4.69, 9.17) is 0 Å². The molecule has 2 aromatic carbocycles. The standard InChI is InChI=1S/C18H13BrF2O/c19-12-3-1-11-9-18(17(22)14(11)7-12)6-5-13-10(8-18)2-4-15(20)16(13)21/h1-4,7H,5-6,8-9H2. The Morgan fingerprint density at radius 3 is 2.59 bits per heavy atom. The predicted molar refractivity (Wildman–Crippen MR) is 83.0 cm³/mol. The Balaban J connectivity index is 1.77. The molecule has 0 saturated heterocycles. The SMILES string of the molecule is O=C1c2cc(Br)ccc2CC12CCc1c(ccc(F)c1F)C2. The first-order chi connectivity index (χ1) is 10.5. The molecule has 0 saturated carbocycles. The van der Waals surface area contributed by atoms with Crippen LogP contribution in [0.2, 0.25) is 0 Å². The van der Waals surface area contributed by atoms with Gasteiger partial charge in [-0.2, -0.15) is 0 Å². The summed E-state index contributed by atoms with van der Waals surface area (Å²) in [6, 6.07) is 8.58. The topological polar surface area (TPSA) is 17.1 Å². The Labute approximate surface area is 135 Å². The second kappa shape index (κ2) is 4.72. The molecule has 22 heavy (non-hydrogen) atoms. The Morgan fingerprint density at radius 1 is 1.05 bits per heavy atom. The second-order valence-electron chi connectivity index (χ2n) is 6.26. The van der Waals surface area contributed by atoms with Gasteiger partial charge in [0, 0.05) is 15.5 Å². The van der Waals surface area contributed by atoms with Crippen molar-refractivity contribution < 1.29 is 13.6 Å². The van der Waals surface area contributed by atoms with E-state index in [-0.39, 0.29) is 5.78 Å². The molecule has 1 unspecified atom stereocenters. The van der Waals surface area contributed by atoms with Crippen molar-refractivity contribution in [3.63, 3.8) is 0 Å². The summed E-state index contributed by atoms with van der Waals surface area (Å²) in [5.74, 6) is -1.42. The first-order valence-corrected chi connectivity index (χ1v) is 8.08. The molecule has 1 spiro atoms. The molecule has 0 fully saturated rings. The number of rotatable bonds is 0. The second-order valence-corrected chi connectivity index (χ2v) is 7.18. The number of hydrogen-bond acceptors (Lipinski definition) is 1. The van der Waals surface area contributed by atoms with E-state index in [0.717, 1.165) is 27.2 Å². The van der Waals surface area contributed by atoms with Gasteiger partial charge in [0.15, 0.2) is 17.4 Å². The fraction of sp³-hybridized carbons (Fsp3) is 0.278. The Kier molecular flexibility index (Phi) is 3.02. The van der Waals surface area contributed by atoms with Crippen molar-refractivity contribution in [2.24, 2.45) is 5.41 Å². The maximum atomic E-state index is 13.9. The molecule has 0 aromatic heterocycles. The third kappa shape index (κ3) is 1.89. The minimum absolute atomic E-state index is 0.138. The minimum Gasteiger partial charge on any atom is -0.294 e. The van der Waals surface area contributed by atoms with Gasteiger partial charge in [-0.3, -0.25) is 4.79 Å². The molecule has 2 aromatic rings. The molecule has 0 amide bonds. The van der Waals surface area contributed by atoms with Crippen LogP contribution in [0.15, 0.2) is 34.8 Å². The molecule has 4 heteroatoms. The van der Waals surface area contributed by atoms with Crippen LogP contribution in [-0.2, 0) is 19.3 Å². The highest BCUT2D eigenvalue weighted by atomic mass is 79.9. The third-order valence-corrected chi connectivity index (χ3v) is 5.50. The van der Waals surface area contributed by atoms with Crippen LogP contribution < -0.4 is 0 Å². The predicted octanol–water partition coefficient (Wildman–Crippen LogP) is 4.64. The van der Waals surface area contributed by atoms with Crippen LogP contribution in [0.3, 0.4) is 0 Å². The van der Waals surface area contributed by atoms with Gasteiger partial charge in [0.05, 0.1) is 0 Å². The Hall–Kier alpha value is -1.55. The summed E-state index contributed by atoms with van der Waals surface area (Å²) in [4.78, 5) is 12.9. The van der Waals surface area contributed by atoms with Crippen LogP contribution in [0, 0.1) is 17.0 Å². The van der Waals surface area contributed by atoms with Crippen molar-refractivity contribution in [3.8, 4) is 0 Å². The highest BCUT2D eigenvalue weighted by Gasteiger charge is 2.47. The molecular formula is C18H13BrF2O. The van der Waals surface area contributed by atoms with Crippen molar-refractivity contribution >= 4 is 21.7 Å². The van der Waals surface area contributed by atoms with Crippen LogP contribution in [0.25, 0.3) is 0 Å². The zero-order chi connectivity index (χ0) is 15.5. The number of benzene rings is 2. The van der Waals surface area contributed by atoms with Crippen molar-refractivity contribution in [2.45, 2.75) is 25.7 Å². The van der Waals surface area contributed by atoms with Gasteiger partial charge in [-0.15, -0.1) is 0 Å². The summed E-state index contributed by atoms with van der Waals surface area (Å²) in [5.41, 5.74) is 2.54. The van der Waals surface area contributed by atoms with Gasteiger partial charge in [0.25, 0.3) is 0 Å². The van der Waals surface area contributed by atoms with Crippen molar-refractivity contribution in [1.29, 1.82) is 0 Å². The Bertz CT molecular complexity index is 815. The van der Waals surface area contributed by atoms with Crippen LogP contribution >= 0.6 is 15.9 Å². The normalized spacial score (nSPS) is 22.8. The lowest BCUT2D eigenvalue weighted by Gasteiger charge is -2.33. The fourth-order valence-corrected chi connectivity index (χ4v) is 4.24. The fourth-order valence-electron chi connectivity index (χ4n) is 3.88. The van der Waals surface area contributed by atoms with Gasteiger partial charge >= 0.3 is 0 Å². The highest BCUT2D eigenvalue weighted by molar-refractivity contribution is 9.10. The maximum absolute atomic E-state index is 13.9. The number of carbonyl (C=O) groups excluding carboxylic acids is 1. The van der Waals surface area contributed by atoms with Gasteiger partial charge in [-0.05, 0) is 60.6 Å². The van der Waals surface area contributed by atoms with Crippen LogP contribution in [0.4, 0.5) is 8.78 Å². The van der Waals surface area contributed by atoms with E-state index in [1.165, 1.54) is 0 Å². The molecule has 0 bridgehead atoms. The molecule has 4 rings (SSSR count). The molecule has 2 aliphatic carbocycles. The van der Waals surface area contributed by atoms with Gasteiger partial charge in [-0.25, -0.2) is 8.78 Å². The average Bonchev–Trinajstić information content (AvgIpc) is 2.76. The smallest absolute Gasteiger partial charge is 0.169 e. The number of ketones is 1. The number of carbonyl (C=O) groups is 1. The largest absolute Gasteiger partial charge is 0.294 e. The molecule has 0 aliphatic heterocycles. The maximum Gasteiger partial charge on any atom is 0.169 e. The lowest BCUT2D eigenvalue weighted by Crippen LogP contribution is -2.35. The van der Waals surface area contributed by atoms with Gasteiger partial charge in [0.1, 0.15) is 0 Å². The molecule has 1 atom stereocenters. The van der Waals surface area contributed by atoms with Crippen molar-refractivity contribution in [2.75, 3.05) is 0 Å². The van der Waals surface area contributed by atoms with E-state index in [1.54, 1.807) is 6.07 Å². The van der Waals surface area contributed by atoms with E-state index >= 15 is 0 Å². The lowest BCUT2D eigenvalue weighted by molar-refractivity contribution is 0.0793. The molecule has 0 heterocycles. The van der Waals surface area contributed by atoms with E-state index in [0.29, 0.717) is 31.2 Å². The quantitative estimate of drug-likeness (QED) is 0.667. The molecule has 1 nitrogen and oxygen atoms in total. The minimum atomic E-state index is -0.806. The van der Waals surface area contributed by atoms with E-state index in [1.807, 2.05) is 18.2 Å². The van der Waals surface area contributed by atoms with E-state index in [9.17, 15) is 13.6 Å². The van der Waals surface area contributed by atoms with Crippen molar-refractivity contribution in [1.82, 2.24) is 0 Å². The molecule has 0 radical (unpaired) electrons. The van der Waals surface area contributed by atoms with Crippen LogP contribution in [0.1, 0.15) is 33.5 Å². The first kappa shape index (κ1) is 14.1. The van der Waals surface area contributed by atoms with E-state index < -0.39 is 17.0 Å². The summed E-state index contributed by atoms with van der Waals surface area (Å²) in [6.07, 6.45) is 2.17. The molecule has 112 valence electrons. The zero-order valence-corrected chi connectivity index (χ0v) is 13.3. The van der Waals surface area contributed by atoms with Crippen molar-refractivity contribution in [3.05, 3.63) is 68.7 Å². The zero-order valence-electron chi connectivity index (χ0n) is 11.8. The van der Waals surface area contributed by atoms with Gasteiger partial charge < -0.3 is 0 Å². The number of fused-ring (bicyclic) bond motifs is 2. The summed E-state index contributed by atoms with van der Waals surface area (Å²) in [5, 5.41) is 0.